The van der Waals surface area contributed by atoms with Crippen LogP contribution in [0.15, 0.2) is 24.3 Å². The second-order valence-corrected chi connectivity index (χ2v) is 3.77. The molecule has 4 heteroatoms. The quantitative estimate of drug-likeness (QED) is 0.801. The zero-order valence-electron chi connectivity index (χ0n) is 9.10. The first-order valence-corrected chi connectivity index (χ1v) is 5.28. The van der Waals surface area contributed by atoms with Crippen LogP contribution in [0.2, 0.25) is 0 Å². The van der Waals surface area contributed by atoms with Gasteiger partial charge in [0.15, 0.2) is 0 Å². The molecule has 82 valence electrons. The Balaban J connectivity index is 2.29. The number of hydrogen-bond donors (Lipinski definition) is 1. The fraction of sp³-hybridized carbons (Fsp3) is 0.333. The highest BCUT2D eigenvalue weighted by molar-refractivity contribution is 5.80. The summed E-state index contributed by atoms with van der Waals surface area (Å²) >= 11 is 0. The molecule has 1 aliphatic rings. The maximum Gasteiger partial charge on any atom is 0.235 e. The smallest absolute Gasteiger partial charge is 0.235 e. The molecule has 0 aromatic heterocycles. The minimum Gasteiger partial charge on any atom is -0.335 e. The zero-order valence-corrected chi connectivity index (χ0v) is 9.10. The molecule has 0 bridgehead atoms. The van der Waals surface area contributed by atoms with E-state index >= 15 is 0 Å². The number of carbonyl (C=O) groups excluding carboxylic acids is 1. The Kier molecular flexibility index (Phi) is 2.88. The van der Waals surface area contributed by atoms with Crippen LogP contribution >= 0.6 is 0 Å². The van der Waals surface area contributed by atoms with Crippen LogP contribution in [0, 0.1) is 11.3 Å². The van der Waals surface area contributed by atoms with Crippen molar-refractivity contribution in [2.24, 2.45) is 0 Å². The third kappa shape index (κ3) is 1.90. The van der Waals surface area contributed by atoms with Gasteiger partial charge in [0.25, 0.3) is 0 Å². The molecule has 1 saturated heterocycles. The minimum atomic E-state index is -0.0919. The van der Waals surface area contributed by atoms with Crippen LogP contribution in [-0.4, -0.2) is 23.9 Å². The molecular formula is C12H13N3O. The molecule has 1 amide bonds. The summed E-state index contributed by atoms with van der Waals surface area (Å²) < 4.78 is 0. The third-order valence-electron chi connectivity index (χ3n) is 2.75. The number of benzene rings is 1. The Morgan fingerprint density at radius 3 is 3.12 bits per heavy atom. The number of nitriles is 1. The van der Waals surface area contributed by atoms with Gasteiger partial charge in [0.2, 0.25) is 5.91 Å². The predicted molar refractivity (Wildman–Crippen MR) is 59.3 cm³/mol. The van der Waals surface area contributed by atoms with E-state index in [0.29, 0.717) is 12.1 Å². The normalized spacial score (nSPS) is 20.5. The fourth-order valence-corrected chi connectivity index (χ4v) is 1.93. The Morgan fingerprint density at radius 2 is 2.44 bits per heavy atom. The lowest BCUT2D eigenvalue weighted by Gasteiger charge is -2.21. The van der Waals surface area contributed by atoms with Crippen molar-refractivity contribution >= 4 is 5.91 Å². The lowest BCUT2D eigenvalue weighted by Crippen LogP contribution is -2.27. The van der Waals surface area contributed by atoms with Crippen molar-refractivity contribution in [3.63, 3.8) is 0 Å². The summed E-state index contributed by atoms with van der Waals surface area (Å²) in [6, 6.07) is 9.45. The summed E-state index contributed by atoms with van der Waals surface area (Å²) in [5.74, 6) is 0.0363. The maximum atomic E-state index is 11.3. The van der Waals surface area contributed by atoms with Crippen LogP contribution < -0.4 is 5.32 Å². The lowest BCUT2D eigenvalue weighted by molar-refractivity contribution is -0.118. The molecule has 0 unspecified atom stereocenters. The van der Waals surface area contributed by atoms with Gasteiger partial charge in [-0.25, -0.2) is 0 Å². The van der Waals surface area contributed by atoms with Crippen molar-refractivity contribution < 1.29 is 4.79 Å². The number of likely N-dealkylation sites (N-methyl/N-ethyl adjacent to an activating group) is 1. The summed E-state index contributed by atoms with van der Waals surface area (Å²) in [5.41, 5.74) is 1.58. The first-order valence-electron chi connectivity index (χ1n) is 5.28. The SMILES string of the molecule is CCN1CC(=O)N[C@@H]1c1cccc(C#N)c1. The number of amides is 1. The van der Waals surface area contributed by atoms with E-state index in [4.69, 9.17) is 5.26 Å². The molecule has 1 aromatic carbocycles. The van der Waals surface area contributed by atoms with E-state index in [9.17, 15) is 4.79 Å². The molecule has 0 radical (unpaired) electrons. The van der Waals surface area contributed by atoms with Crippen LogP contribution in [0.1, 0.15) is 24.2 Å². The average Bonchev–Trinajstić information content (AvgIpc) is 2.70. The topological polar surface area (TPSA) is 56.1 Å². The molecular weight excluding hydrogens is 202 g/mol. The Bertz CT molecular complexity index is 450. The molecule has 2 rings (SSSR count). The molecule has 4 nitrogen and oxygen atoms in total. The number of nitrogens with zero attached hydrogens (tertiary/aromatic N) is 2. The Hall–Kier alpha value is -1.86. The van der Waals surface area contributed by atoms with Crippen molar-refractivity contribution in [1.82, 2.24) is 10.2 Å². The number of rotatable bonds is 2. The Morgan fingerprint density at radius 1 is 1.62 bits per heavy atom. The summed E-state index contributed by atoms with van der Waals surface area (Å²) in [6.07, 6.45) is -0.0919. The summed E-state index contributed by atoms with van der Waals surface area (Å²) in [6.45, 7) is 3.25. The van der Waals surface area contributed by atoms with Crippen molar-refractivity contribution in [2.75, 3.05) is 13.1 Å². The first-order chi connectivity index (χ1) is 7.74. The molecule has 1 aromatic rings. The van der Waals surface area contributed by atoms with Crippen molar-refractivity contribution in [1.29, 1.82) is 5.26 Å². The predicted octanol–water partition coefficient (Wildman–Crippen LogP) is 1.01. The van der Waals surface area contributed by atoms with Gasteiger partial charge in [0.1, 0.15) is 6.17 Å². The molecule has 1 N–H and O–H groups in total. The van der Waals surface area contributed by atoms with Gasteiger partial charge < -0.3 is 5.32 Å². The molecule has 0 aliphatic carbocycles. The monoisotopic (exact) mass is 215 g/mol. The lowest BCUT2D eigenvalue weighted by atomic mass is 10.1. The highest BCUT2D eigenvalue weighted by Crippen LogP contribution is 2.22. The number of hydrogen-bond acceptors (Lipinski definition) is 3. The van der Waals surface area contributed by atoms with E-state index in [0.717, 1.165) is 12.1 Å². The van der Waals surface area contributed by atoms with Gasteiger partial charge in [-0.05, 0) is 24.2 Å². The van der Waals surface area contributed by atoms with E-state index in [1.54, 1.807) is 6.07 Å². The van der Waals surface area contributed by atoms with Gasteiger partial charge in [-0.15, -0.1) is 0 Å². The highest BCUT2D eigenvalue weighted by atomic mass is 16.2. The van der Waals surface area contributed by atoms with Gasteiger partial charge in [-0.2, -0.15) is 5.26 Å². The van der Waals surface area contributed by atoms with E-state index < -0.39 is 0 Å². The van der Waals surface area contributed by atoms with Crippen molar-refractivity contribution in [3.05, 3.63) is 35.4 Å². The van der Waals surface area contributed by atoms with E-state index in [2.05, 4.69) is 11.4 Å². The van der Waals surface area contributed by atoms with Crippen LogP contribution in [0.5, 0.6) is 0 Å². The molecule has 1 fully saturated rings. The minimum absolute atomic E-state index is 0.0363. The molecule has 0 saturated carbocycles. The standard InChI is InChI=1S/C12H13N3O/c1-2-15-8-11(16)14-12(15)10-5-3-4-9(6-10)7-13/h3-6,12H,2,8H2,1H3,(H,14,16)/t12-/m0/s1. The van der Waals surface area contributed by atoms with Gasteiger partial charge in [-0.1, -0.05) is 19.1 Å². The largest absolute Gasteiger partial charge is 0.335 e. The van der Waals surface area contributed by atoms with Gasteiger partial charge in [-0.3, -0.25) is 9.69 Å². The molecule has 1 aliphatic heterocycles. The molecule has 0 spiro atoms. The van der Waals surface area contributed by atoms with Gasteiger partial charge in [0, 0.05) is 0 Å². The van der Waals surface area contributed by atoms with Crippen LogP contribution in [0.3, 0.4) is 0 Å². The average molecular weight is 215 g/mol. The van der Waals surface area contributed by atoms with E-state index in [-0.39, 0.29) is 12.1 Å². The molecule has 1 atom stereocenters. The van der Waals surface area contributed by atoms with Crippen molar-refractivity contribution in [3.8, 4) is 6.07 Å². The summed E-state index contributed by atoms with van der Waals surface area (Å²) in [7, 11) is 0. The highest BCUT2D eigenvalue weighted by Gasteiger charge is 2.29. The van der Waals surface area contributed by atoms with Crippen LogP contribution in [0.4, 0.5) is 0 Å². The fourth-order valence-electron chi connectivity index (χ4n) is 1.93. The second-order valence-electron chi connectivity index (χ2n) is 3.77. The Labute approximate surface area is 94.5 Å². The summed E-state index contributed by atoms with van der Waals surface area (Å²) in [4.78, 5) is 13.4. The summed E-state index contributed by atoms with van der Waals surface area (Å²) in [5, 5.41) is 11.7. The maximum absolute atomic E-state index is 11.3. The van der Waals surface area contributed by atoms with Crippen molar-refractivity contribution in [2.45, 2.75) is 13.1 Å². The third-order valence-corrected chi connectivity index (χ3v) is 2.75. The van der Waals surface area contributed by atoms with Crippen LogP contribution in [-0.2, 0) is 4.79 Å². The first kappa shape index (κ1) is 10.7. The molecule has 16 heavy (non-hydrogen) atoms. The van der Waals surface area contributed by atoms with E-state index in [1.807, 2.05) is 30.0 Å². The van der Waals surface area contributed by atoms with Gasteiger partial charge in [0.05, 0.1) is 18.2 Å². The zero-order chi connectivity index (χ0) is 11.5. The molecule has 1 heterocycles. The van der Waals surface area contributed by atoms with Gasteiger partial charge >= 0.3 is 0 Å². The van der Waals surface area contributed by atoms with E-state index in [1.165, 1.54) is 0 Å². The second kappa shape index (κ2) is 4.33. The number of carbonyl (C=O) groups is 1. The van der Waals surface area contributed by atoms with Crippen LogP contribution in [0.25, 0.3) is 0 Å². The number of nitrogens with one attached hydrogen (secondary N) is 1.